The Labute approximate surface area is 180 Å². The maximum Gasteiger partial charge on any atom is 0.171 e. The molecule has 4 fully saturated rings. The van der Waals surface area contributed by atoms with Gasteiger partial charge in [0.2, 0.25) is 0 Å². The first-order valence-electron chi connectivity index (χ1n) is 12.3. The summed E-state index contributed by atoms with van der Waals surface area (Å²) in [6.07, 6.45) is 11.7. The van der Waals surface area contributed by atoms with Crippen molar-refractivity contribution in [2.75, 3.05) is 0 Å². The molecule has 6 nitrogen and oxygen atoms in total. The highest BCUT2D eigenvalue weighted by Gasteiger charge is 2.59. The van der Waals surface area contributed by atoms with E-state index in [9.17, 15) is 9.90 Å². The van der Waals surface area contributed by atoms with Crippen LogP contribution in [0, 0.1) is 47.8 Å². The Balaban J connectivity index is 1.32. The number of tetrazole rings is 1. The number of fused-ring (bicyclic) bond motifs is 5. The van der Waals surface area contributed by atoms with E-state index in [-0.39, 0.29) is 12.5 Å². The van der Waals surface area contributed by atoms with E-state index in [4.69, 9.17) is 0 Å². The standard InChI is InChI=1S/C24H38N4O2/c1-4-24-12-11-23(3,30)13-16(24)5-6-19-17-7-8-20(18(17)9-10-21(19)24)22(29)14-28-26-15(2)25-27-28/h16-21,30H,4-14H2,1-3H3/t16-,17-,18+,19+,20+,21+,23-,24+/m1/s1. The first-order chi connectivity index (χ1) is 14.3. The Morgan fingerprint density at radius 3 is 2.60 bits per heavy atom. The van der Waals surface area contributed by atoms with Crippen LogP contribution in [0.5, 0.6) is 0 Å². The number of hydrogen-bond acceptors (Lipinski definition) is 5. The van der Waals surface area contributed by atoms with Crippen LogP contribution in [0.4, 0.5) is 0 Å². The third kappa shape index (κ3) is 3.25. The number of nitrogens with zero attached hydrogens (tertiary/aromatic N) is 4. The van der Waals surface area contributed by atoms with Gasteiger partial charge in [0.05, 0.1) is 5.60 Å². The summed E-state index contributed by atoms with van der Waals surface area (Å²) in [5.41, 5.74) is -0.0353. The van der Waals surface area contributed by atoms with Crippen LogP contribution in [-0.2, 0) is 11.3 Å². The molecule has 0 amide bonds. The van der Waals surface area contributed by atoms with Gasteiger partial charge in [-0.25, -0.2) is 0 Å². The molecule has 0 spiro atoms. The highest BCUT2D eigenvalue weighted by molar-refractivity contribution is 5.81. The van der Waals surface area contributed by atoms with Crippen LogP contribution in [0.1, 0.15) is 83.9 Å². The number of ketones is 1. The van der Waals surface area contributed by atoms with Crippen molar-refractivity contribution in [3.05, 3.63) is 5.82 Å². The topological polar surface area (TPSA) is 80.9 Å². The Bertz CT molecular complexity index is 805. The van der Waals surface area contributed by atoms with Crippen molar-refractivity contribution in [2.45, 2.75) is 97.1 Å². The number of carbonyl (C=O) groups is 1. The lowest BCUT2D eigenvalue weighted by Crippen LogP contribution is -2.55. The van der Waals surface area contributed by atoms with Gasteiger partial charge in [0.15, 0.2) is 11.6 Å². The molecule has 166 valence electrons. The fourth-order valence-corrected chi connectivity index (χ4v) is 8.65. The average molecular weight is 415 g/mol. The van der Waals surface area contributed by atoms with Gasteiger partial charge >= 0.3 is 0 Å². The first-order valence-corrected chi connectivity index (χ1v) is 12.3. The molecule has 4 aliphatic rings. The molecule has 8 atom stereocenters. The van der Waals surface area contributed by atoms with Gasteiger partial charge in [-0.1, -0.05) is 6.92 Å². The Hall–Kier alpha value is -1.30. The summed E-state index contributed by atoms with van der Waals surface area (Å²) in [7, 11) is 0. The fraction of sp³-hybridized carbons (Fsp3) is 0.917. The summed E-state index contributed by atoms with van der Waals surface area (Å²) in [5.74, 6) is 4.66. The monoisotopic (exact) mass is 414 g/mol. The van der Waals surface area contributed by atoms with Crippen LogP contribution < -0.4 is 0 Å². The van der Waals surface area contributed by atoms with E-state index in [1.807, 2.05) is 13.8 Å². The molecule has 0 radical (unpaired) electrons. The molecular weight excluding hydrogens is 376 g/mol. The van der Waals surface area contributed by atoms with Crippen LogP contribution in [-0.4, -0.2) is 36.7 Å². The second-order valence-corrected chi connectivity index (χ2v) is 11.3. The minimum absolute atomic E-state index is 0.185. The van der Waals surface area contributed by atoms with Gasteiger partial charge in [-0.05, 0) is 118 Å². The van der Waals surface area contributed by atoms with Gasteiger partial charge in [-0.15, -0.1) is 10.2 Å². The average Bonchev–Trinajstić information content (AvgIpc) is 3.33. The normalized spacial score (nSPS) is 45.5. The molecule has 1 heterocycles. The summed E-state index contributed by atoms with van der Waals surface area (Å²) in [6.45, 7) is 6.54. The molecule has 5 rings (SSSR count). The minimum atomic E-state index is -0.466. The van der Waals surface area contributed by atoms with E-state index in [2.05, 4.69) is 22.3 Å². The summed E-state index contributed by atoms with van der Waals surface area (Å²) < 4.78 is 0. The van der Waals surface area contributed by atoms with Gasteiger partial charge in [0.25, 0.3) is 0 Å². The molecule has 0 aromatic carbocycles. The molecule has 1 aromatic heterocycles. The van der Waals surface area contributed by atoms with Crippen LogP contribution in [0.3, 0.4) is 0 Å². The maximum absolute atomic E-state index is 13.1. The van der Waals surface area contributed by atoms with E-state index in [1.165, 1.54) is 49.7 Å². The van der Waals surface area contributed by atoms with E-state index < -0.39 is 5.60 Å². The Kier molecular flexibility index (Phi) is 5.07. The van der Waals surface area contributed by atoms with E-state index in [0.717, 1.165) is 37.0 Å². The van der Waals surface area contributed by atoms with Crippen molar-refractivity contribution in [1.29, 1.82) is 0 Å². The third-order valence-electron chi connectivity index (χ3n) is 9.89. The quantitative estimate of drug-likeness (QED) is 0.806. The SMILES string of the molecule is CC[C@]12CC[C@@](C)(O)C[C@H]1CC[C@H]1[C@@H]3CC[C@H](C(=O)Cn4nnc(C)n4)[C@H]3CC[C@@H]12. The van der Waals surface area contributed by atoms with Crippen molar-refractivity contribution in [3.63, 3.8) is 0 Å². The first kappa shape index (κ1) is 20.6. The van der Waals surface area contributed by atoms with E-state index in [1.54, 1.807) is 0 Å². The van der Waals surface area contributed by atoms with Crippen molar-refractivity contribution in [1.82, 2.24) is 20.2 Å². The zero-order valence-corrected chi connectivity index (χ0v) is 18.9. The third-order valence-corrected chi connectivity index (χ3v) is 9.89. The number of carbonyl (C=O) groups excluding carboxylic acids is 1. The highest BCUT2D eigenvalue weighted by atomic mass is 16.3. The number of aromatic nitrogens is 4. The summed E-state index contributed by atoms with van der Waals surface area (Å²) in [5, 5.41) is 22.9. The molecule has 0 bridgehead atoms. The summed E-state index contributed by atoms with van der Waals surface area (Å²) in [6, 6.07) is 0. The van der Waals surface area contributed by atoms with Crippen LogP contribution in [0.25, 0.3) is 0 Å². The Morgan fingerprint density at radius 2 is 1.87 bits per heavy atom. The molecule has 0 unspecified atom stereocenters. The van der Waals surface area contributed by atoms with Crippen molar-refractivity contribution < 1.29 is 9.90 Å². The van der Waals surface area contributed by atoms with Gasteiger partial charge in [0, 0.05) is 5.92 Å². The van der Waals surface area contributed by atoms with Crippen LogP contribution in [0.2, 0.25) is 0 Å². The molecule has 1 N–H and O–H groups in total. The molecule has 6 heteroatoms. The number of aryl methyl sites for hydroxylation is 1. The van der Waals surface area contributed by atoms with Crippen molar-refractivity contribution >= 4 is 5.78 Å². The molecule has 0 saturated heterocycles. The van der Waals surface area contributed by atoms with Gasteiger partial charge < -0.3 is 5.11 Å². The van der Waals surface area contributed by atoms with E-state index >= 15 is 0 Å². The number of aliphatic hydroxyl groups is 1. The largest absolute Gasteiger partial charge is 0.390 e. The predicted molar refractivity (Wildman–Crippen MR) is 113 cm³/mol. The van der Waals surface area contributed by atoms with Crippen molar-refractivity contribution in [3.8, 4) is 0 Å². The molecule has 30 heavy (non-hydrogen) atoms. The number of hydrogen-bond donors (Lipinski definition) is 1. The highest BCUT2D eigenvalue weighted by Crippen LogP contribution is 2.65. The zero-order valence-electron chi connectivity index (χ0n) is 18.9. The maximum atomic E-state index is 13.1. The summed E-state index contributed by atoms with van der Waals surface area (Å²) in [4.78, 5) is 14.6. The van der Waals surface area contributed by atoms with Crippen LogP contribution in [0.15, 0.2) is 0 Å². The number of rotatable bonds is 4. The predicted octanol–water partition coefficient (Wildman–Crippen LogP) is 3.96. The fourth-order valence-electron chi connectivity index (χ4n) is 8.65. The smallest absolute Gasteiger partial charge is 0.171 e. The molecule has 4 saturated carbocycles. The lowest BCUT2D eigenvalue weighted by Gasteiger charge is -2.61. The number of Topliss-reactive ketones (excluding diaryl/α,β-unsaturated/α-hetero) is 1. The molecule has 0 aliphatic heterocycles. The van der Waals surface area contributed by atoms with Gasteiger partial charge in [-0.2, -0.15) is 4.80 Å². The lowest BCUT2D eigenvalue weighted by atomic mass is 9.44. The van der Waals surface area contributed by atoms with Crippen molar-refractivity contribution in [2.24, 2.45) is 40.9 Å². The Morgan fingerprint density at radius 1 is 1.10 bits per heavy atom. The van der Waals surface area contributed by atoms with Gasteiger partial charge in [-0.3, -0.25) is 4.79 Å². The zero-order chi connectivity index (χ0) is 21.1. The molecular formula is C24H38N4O2. The molecule has 1 aromatic rings. The second kappa shape index (κ2) is 7.39. The lowest BCUT2D eigenvalue weighted by molar-refractivity contribution is -0.146. The minimum Gasteiger partial charge on any atom is -0.390 e. The molecule has 4 aliphatic carbocycles. The van der Waals surface area contributed by atoms with Gasteiger partial charge in [0.1, 0.15) is 6.54 Å². The van der Waals surface area contributed by atoms with Crippen LogP contribution >= 0.6 is 0 Å². The summed E-state index contributed by atoms with van der Waals surface area (Å²) >= 11 is 0. The van der Waals surface area contributed by atoms with E-state index in [0.29, 0.717) is 28.9 Å². The second-order valence-electron chi connectivity index (χ2n) is 11.3.